The average molecular weight is 468 g/mol. The first kappa shape index (κ1) is 27.0. The number of hydrogen-bond donors (Lipinski definition) is 0. The first-order valence-electron chi connectivity index (χ1n) is 12.0. The quantitative estimate of drug-likeness (QED) is 0.211. The Kier molecular flexibility index (Phi) is 11.2. The van der Waals surface area contributed by atoms with Gasteiger partial charge < -0.3 is 19.1 Å². The molecule has 0 aromatic heterocycles. The van der Waals surface area contributed by atoms with E-state index in [0.29, 0.717) is 31.2 Å². The summed E-state index contributed by atoms with van der Waals surface area (Å²) in [6.07, 6.45) is 3.17. The molecule has 0 radical (unpaired) electrons. The molecular formula is C28H37NO5. The number of unbranched alkanes of at least 4 members (excludes halogenated alkanes) is 1. The van der Waals surface area contributed by atoms with Gasteiger partial charge in [0, 0.05) is 19.2 Å². The second kappa shape index (κ2) is 14.1. The van der Waals surface area contributed by atoms with Gasteiger partial charge in [0.15, 0.2) is 18.1 Å². The normalized spacial score (nSPS) is 12.1. The van der Waals surface area contributed by atoms with Crippen LogP contribution >= 0.6 is 0 Å². The van der Waals surface area contributed by atoms with Gasteiger partial charge in [0.2, 0.25) is 5.91 Å². The lowest BCUT2D eigenvalue weighted by Crippen LogP contribution is -2.28. The van der Waals surface area contributed by atoms with Crippen molar-refractivity contribution in [1.82, 2.24) is 4.90 Å². The number of hydrogen-bond acceptors (Lipinski definition) is 5. The van der Waals surface area contributed by atoms with E-state index in [1.54, 1.807) is 17.0 Å². The van der Waals surface area contributed by atoms with Crippen LogP contribution in [0.15, 0.2) is 54.6 Å². The van der Waals surface area contributed by atoms with E-state index < -0.39 is 5.97 Å². The van der Waals surface area contributed by atoms with Gasteiger partial charge in [-0.3, -0.25) is 4.79 Å². The van der Waals surface area contributed by atoms with Crippen LogP contribution in [0.25, 0.3) is 5.57 Å². The second-order valence-electron chi connectivity index (χ2n) is 8.03. The molecule has 0 spiro atoms. The summed E-state index contributed by atoms with van der Waals surface area (Å²) in [4.78, 5) is 26.4. The zero-order chi connectivity index (χ0) is 24.9. The molecule has 1 unspecified atom stereocenters. The summed E-state index contributed by atoms with van der Waals surface area (Å²) < 4.78 is 17.2. The summed E-state index contributed by atoms with van der Waals surface area (Å²) >= 11 is 0. The predicted octanol–water partition coefficient (Wildman–Crippen LogP) is 5.82. The molecule has 0 saturated carbocycles. The van der Waals surface area contributed by atoms with E-state index in [2.05, 4.69) is 0 Å². The topological polar surface area (TPSA) is 65.1 Å². The average Bonchev–Trinajstić information content (AvgIpc) is 2.84. The Hall–Kier alpha value is -3.28. The van der Waals surface area contributed by atoms with E-state index in [-0.39, 0.29) is 18.6 Å². The molecule has 6 heteroatoms. The van der Waals surface area contributed by atoms with Crippen LogP contribution < -0.4 is 9.47 Å². The van der Waals surface area contributed by atoms with Gasteiger partial charge in [0.05, 0.1) is 6.61 Å². The van der Waals surface area contributed by atoms with Crippen LogP contribution in [0.3, 0.4) is 0 Å². The molecule has 0 bridgehead atoms. The van der Waals surface area contributed by atoms with Crippen molar-refractivity contribution in [2.45, 2.75) is 53.6 Å². The third-order valence-electron chi connectivity index (χ3n) is 5.49. The monoisotopic (exact) mass is 467 g/mol. The number of rotatable bonds is 13. The summed E-state index contributed by atoms with van der Waals surface area (Å²) in [6, 6.07) is 15.4. The van der Waals surface area contributed by atoms with Gasteiger partial charge in [-0.1, -0.05) is 49.7 Å². The lowest BCUT2D eigenvalue weighted by atomic mass is 10.1. The van der Waals surface area contributed by atoms with Crippen LogP contribution in [0.5, 0.6) is 11.5 Å². The predicted molar refractivity (Wildman–Crippen MR) is 135 cm³/mol. The smallest absolute Gasteiger partial charge is 0.344 e. The molecule has 6 nitrogen and oxygen atoms in total. The lowest BCUT2D eigenvalue weighted by molar-refractivity contribution is -0.146. The van der Waals surface area contributed by atoms with E-state index in [9.17, 15) is 9.59 Å². The number of ether oxygens (including phenoxy) is 3. The van der Waals surface area contributed by atoms with Crippen molar-refractivity contribution in [3.8, 4) is 11.5 Å². The molecule has 2 aromatic carbocycles. The highest BCUT2D eigenvalue weighted by Gasteiger charge is 2.15. The van der Waals surface area contributed by atoms with Crippen LogP contribution in [0.2, 0.25) is 0 Å². The van der Waals surface area contributed by atoms with Crippen LogP contribution in [-0.2, 0) is 14.3 Å². The molecule has 0 saturated heterocycles. The molecule has 184 valence electrons. The molecule has 1 amide bonds. The van der Waals surface area contributed by atoms with Crippen molar-refractivity contribution in [3.05, 3.63) is 65.7 Å². The highest BCUT2D eigenvalue weighted by Crippen LogP contribution is 2.34. The van der Waals surface area contributed by atoms with Crippen LogP contribution in [-0.4, -0.2) is 43.1 Å². The highest BCUT2D eigenvalue weighted by molar-refractivity contribution is 5.95. The first-order chi connectivity index (χ1) is 16.4. The molecule has 0 N–H and O–H groups in total. The summed E-state index contributed by atoms with van der Waals surface area (Å²) in [6.45, 7) is 11.2. The van der Waals surface area contributed by atoms with E-state index in [1.807, 2.05) is 77.1 Å². The van der Waals surface area contributed by atoms with Gasteiger partial charge in [-0.25, -0.2) is 4.79 Å². The SMILES string of the molecule is CCCCOC(=O)COc1cc(/C(C)=C/C(=O)N(CC)CC)ccc1OC(C)c1ccccc1. The van der Waals surface area contributed by atoms with E-state index in [1.165, 1.54) is 0 Å². The first-order valence-corrected chi connectivity index (χ1v) is 12.0. The Morgan fingerprint density at radius 3 is 2.35 bits per heavy atom. The van der Waals surface area contributed by atoms with Crippen molar-refractivity contribution in [2.24, 2.45) is 0 Å². The minimum Gasteiger partial charge on any atom is -0.482 e. The third-order valence-corrected chi connectivity index (χ3v) is 5.49. The fourth-order valence-corrected chi connectivity index (χ4v) is 3.35. The molecule has 0 aliphatic rings. The van der Waals surface area contributed by atoms with Gasteiger partial charge in [-0.2, -0.15) is 0 Å². The summed E-state index contributed by atoms with van der Waals surface area (Å²) in [5, 5.41) is 0. The lowest BCUT2D eigenvalue weighted by Gasteiger charge is -2.19. The highest BCUT2D eigenvalue weighted by atomic mass is 16.6. The Balaban J connectivity index is 2.26. The maximum atomic E-state index is 12.5. The Bertz CT molecular complexity index is 951. The van der Waals surface area contributed by atoms with Crippen LogP contribution in [0.4, 0.5) is 0 Å². The summed E-state index contributed by atoms with van der Waals surface area (Å²) in [5.41, 5.74) is 2.64. The second-order valence-corrected chi connectivity index (χ2v) is 8.03. The number of likely N-dealkylation sites (N-methyl/N-ethyl adjacent to an activating group) is 1. The van der Waals surface area contributed by atoms with Crippen molar-refractivity contribution >= 4 is 17.4 Å². The van der Waals surface area contributed by atoms with Crippen molar-refractivity contribution in [2.75, 3.05) is 26.3 Å². The molecule has 34 heavy (non-hydrogen) atoms. The molecule has 0 aliphatic heterocycles. The number of allylic oxidation sites excluding steroid dienone is 1. The molecule has 0 fully saturated rings. The van der Waals surface area contributed by atoms with Crippen molar-refractivity contribution in [1.29, 1.82) is 0 Å². The molecular weight excluding hydrogens is 430 g/mol. The minimum absolute atomic E-state index is 0.0394. The molecule has 0 heterocycles. The summed E-state index contributed by atoms with van der Waals surface area (Å²) in [5.74, 6) is 0.479. The molecule has 0 aliphatic carbocycles. The minimum atomic E-state index is -0.426. The maximum Gasteiger partial charge on any atom is 0.344 e. The number of nitrogens with zero attached hydrogens (tertiary/aromatic N) is 1. The van der Waals surface area contributed by atoms with Crippen LogP contribution in [0, 0.1) is 0 Å². The molecule has 2 rings (SSSR count). The van der Waals surface area contributed by atoms with E-state index in [0.717, 1.165) is 29.5 Å². The third kappa shape index (κ3) is 8.25. The van der Waals surface area contributed by atoms with Crippen molar-refractivity contribution in [3.63, 3.8) is 0 Å². The largest absolute Gasteiger partial charge is 0.482 e. The number of carbonyl (C=O) groups is 2. The van der Waals surface area contributed by atoms with Gasteiger partial charge in [-0.05, 0) is 62.9 Å². The van der Waals surface area contributed by atoms with Gasteiger partial charge in [-0.15, -0.1) is 0 Å². The zero-order valence-corrected chi connectivity index (χ0v) is 21.0. The number of amides is 1. The number of esters is 1. The van der Waals surface area contributed by atoms with E-state index in [4.69, 9.17) is 14.2 Å². The number of carbonyl (C=O) groups excluding carboxylic acids is 2. The standard InChI is InChI=1S/C28H37NO5/c1-6-9-17-32-28(31)20-33-26-19-24(21(4)18-27(30)29(7-2)8-3)15-16-25(26)34-22(5)23-13-11-10-12-14-23/h10-16,18-19,22H,6-9,17,20H2,1-5H3/b21-18+. The fourth-order valence-electron chi connectivity index (χ4n) is 3.35. The van der Waals surface area contributed by atoms with Gasteiger partial charge in [0.25, 0.3) is 0 Å². The fraction of sp³-hybridized carbons (Fsp3) is 0.429. The van der Waals surface area contributed by atoms with Crippen molar-refractivity contribution < 1.29 is 23.8 Å². The molecule has 1 atom stereocenters. The number of benzene rings is 2. The Labute approximate surface area is 203 Å². The van der Waals surface area contributed by atoms with Crippen LogP contribution in [0.1, 0.15) is 64.7 Å². The Morgan fingerprint density at radius 1 is 1.00 bits per heavy atom. The maximum absolute atomic E-state index is 12.5. The zero-order valence-electron chi connectivity index (χ0n) is 21.0. The molecule has 2 aromatic rings. The Morgan fingerprint density at radius 2 is 1.71 bits per heavy atom. The van der Waals surface area contributed by atoms with Gasteiger partial charge in [0.1, 0.15) is 6.10 Å². The van der Waals surface area contributed by atoms with E-state index >= 15 is 0 Å². The van der Waals surface area contributed by atoms with Gasteiger partial charge >= 0.3 is 5.97 Å². The summed E-state index contributed by atoms with van der Waals surface area (Å²) in [7, 11) is 0.